The molecule has 0 aliphatic carbocycles. The highest BCUT2D eigenvalue weighted by atomic mass is 16.5. The molecule has 0 bridgehead atoms. The van der Waals surface area contributed by atoms with Crippen LogP contribution in [0.4, 0.5) is 0 Å². The molecule has 1 atom stereocenters. The number of aromatic amines is 1. The minimum absolute atomic E-state index is 0.0503. The van der Waals surface area contributed by atoms with Crippen molar-refractivity contribution in [2.24, 2.45) is 0 Å². The molecular formula is C21H26N4O2. The highest BCUT2D eigenvalue weighted by Crippen LogP contribution is 2.18. The first-order chi connectivity index (χ1) is 13.2. The number of hydrogen-bond acceptors (Lipinski definition) is 3. The molecule has 0 saturated carbocycles. The van der Waals surface area contributed by atoms with Crippen LogP contribution >= 0.6 is 0 Å². The summed E-state index contributed by atoms with van der Waals surface area (Å²) in [6, 6.07) is 12.2. The van der Waals surface area contributed by atoms with E-state index in [2.05, 4.69) is 39.2 Å². The number of benzene rings is 1. The molecule has 1 aliphatic heterocycles. The Morgan fingerprint density at radius 2 is 2.22 bits per heavy atom. The summed E-state index contributed by atoms with van der Waals surface area (Å²) < 4.78 is 7.90. The van der Waals surface area contributed by atoms with Crippen LogP contribution in [0.25, 0.3) is 10.9 Å². The Bertz CT molecular complexity index is 908. The topological polar surface area (TPSA) is 63.1 Å². The van der Waals surface area contributed by atoms with Gasteiger partial charge in [0.1, 0.15) is 5.69 Å². The Morgan fingerprint density at radius 1 is 1.33 bits per heavy atom. The Balaban J connectivity index is 1.37. The fraction of sp³-hybridized carbons (Fsp3) is 0.429. The Morgan fingerprint density at radius 3 is 3.07 bits per heavy atom. The van der Waals surface area contributed by atoms with Crippen LogP contribution in [0.2, 0.25) is 0 Å². The van der Waals surface area contributed by atoms with E-state index in [4.69, 9.17) is 4.74 Å². The minimum Gasteiger partial charge on any atom is -0.378 e. The van der Waals surface area contributed by atoms with Gasteiger partial charge in [0.05, 0.1) is 18.3 Å². The van der Waals surface area contributed by atoms with Gasteiger partial charge in [-0.3, -0.25) is 9.89 Å². The molecule has 0 radical (unpaired) electrons. The molecule has 0 spiro atoms. The second-order valence-electron chi connectivity index (χ2n) is 7.28. The molecule has 3 aromatic rings. The summed E-state index contributed by atoms with van der Waals surface area (Å²) in [4.78, 5) is 14.4. The Labute approximate surface area is 159 Å². The summed E-state index contributed by atoms with van der Waals surface area (Å²) in [6.45, 7) is 2.19. The van der Waals surface area contributed by atoms with E-state index in [1.165, 1.54) is 17.3 Å². The fourth-order valence-electron chi connectivity index (χ4n) is 3.68. The maximum atomic E-state index is 12.6. The molecule has 1 fully saturated rings. The summed E-state index contributed by atoms with van der Waals surface area (Å²) in [7, 11) is 1.83. The lowest BCUT2D eigenvalue weighted by atomic mass is 10.1. The molecule has 1 saturated heterocycles. The van der Waals surface area contributed by atoms with Crippen LogP contribution in [0.5, 0.6) is 0 Å². The van der Waals surface area contributed by atoms with Crippen LogP contribution < -0.4 is 0 Å². The van der Waals surface area contributed by atoms with Crippen molar-refractivity contribution in [1.29, 1.82) is 0 Å². The van der Waals surface area contributed by atoms with Gasteiger partial charge in [0.2, 0.25) is 0 Å². The predicted molar refractivity (Wildman–Crippen MR) is 105 cm³/mol. The first kappa shape index (κ1) is 17.8. The maximum Gasteiger partial charge on any atom is 0.274 e. The number of aromatic nitrogens is 3. The second-order valence-corrected chi connectivity index (χ2v) is 7.28. The van der Waals surface area contributed by atoms with Crippen molar-refractivity contribution in [2.45, 2.75) is 38.3 Å². The Hall–Kier alpha value is -2.60. The van der Waals surface area contributed by atoms with Crippen LogP contribution in [0.15, 0.2) is 42.6 Å². The lowest BCUT2D eigenvalue weighted by molar-refractivity contribution is 0.00705. The number of ether oxygens (including phenoxy) is 1. The quantitative estimate of drug-likeness (QED) is 0.727. The summed E-state index contributed by atoms with van der Waals surface area (Å²) in [5, 5.41) is 8.45. The monoisotopic (exact) mass is 366 g/mol. The molecule has 27 heavy (non-hydrogen) atoms. The SMILES string of the molecule is CN(CCC1CCCCO1)C(=O)c1cc(Cn2ccc3ccccc32)[nH]n1. The molecule has 142 valence electrons. The van der Waals surface area contributed by atoms with Gasteiger partial charge in [-0.05, 0) is 49.3 Å². The number of amides is 1. The van der Waals surface area contributed by atoms with Crippen LogP contribution in [0.3, 0.4) is 0 Å². The molecule has 1 aromatic carbocycles. The predicted octanol–water partition coefficient (Wildman–Crippen LogP) is 3.44. The van der Waals surface area contributed by atoms with E-state index in [9.17, 15) is 4.79 Å². The van der Waals surface area contributed by atoms with E-state index >= 15 is 0 Å². The molecular weight excluding hydrogens is 340 g/mol. The van der Waals surface area contributed by atoms with Crippen molar-refractivity contribution in [3.05, 3.63) is 54.0 Å². The highest BCUT2D eigenvalue weighted by Gasteiger charge is 2.19. The summed E-state index contributed by atoms with van der Waals surface area (Å²) >= 11 is 0. The lowest BCUT2D eigenvalue weighted by Crippen LogP contribution is -2.31. The van der Waals surface area contributed by atoms with Gasteiger partial charge in [-0.25, -0.2) is 0 Å². The molecule has 1 unspecified atom stereocenters. The van der Waals surface area contributed by atoms with E-state index in [-0.39, 0.29) is 12.0 Å². The number of nitrogens with one attached hydrogen (secondary N) is 1. The van der Waals surface area contributed by atoms with Gasteiger partial charge >= 0.3 is 0 Å². The Kier molecular flexibility index (Phi) is 5.25. The lowest BCUT2D eigenvalue weighted by Gasteiger charge is -2.24. The van der Waals surface area contributed by atoms with Crippen molar-refractivity contribution in [1.82, 2.24) is 19.7 Å². The number of rotatable bonds is 6. The zero-order valence-electron chi connectivity index (χ0n) is 15.7. The molecule has 1 N–H and O–H groups in total. The highest BCUT2D eigenvalue weighted by molar-refractivity contribution is 5.92. The number of carbonyl (C=O) groups is 1. The van der Waals surface area contributed by atoms with Crippen LogP contribution in [0.1, 0.15) is 41.9 Å². The number of H-pyrrole nitrogens is 1. The van der Waals surface area contributed by atoms with Crippen molar-refractivity contribution in [3.8, 4) is 0 Å². The normalized spacial score (nSPS) is 17.3. The molecule has 6 heteroatoms. The average Bonchev–Trinajstić information content (AvgIpc) is 3.34. The molecule has 1 amide bonds. The van der Waals surface area contributed by atoms with E-state index in [0.29, 0.717) is 18.8 Å². The third-order valence-electron chi connectivity index (χ3n) is 5.28. The molecule has 6 nitrogen and oxygen atoms in total. The third-order valence-corrected chi connectivity index (χ3v) is 5.28. The fourth-order valence-corrected chi connectivity index (χ4v) is 3.68. The van der Waals surface area contributed by atoms with Gasteiger partial charge in [0.25, 0.3) is 5.91 Å². The van der Waals surface area contributed by atoms with Crippen LogP contribution in [0, 0.1) is 0 Å². The summed E-state index contributed by atoms with van der Waals surface area (Å²) in [5.74, 6) is -0.0503. The number of carbonyl (C=O) groups excluding carboxylic acids is 1. The van der Waals surface area contributed by atoms with Gasteiger partial charge in [0.15, 0.2) is 0 Å². The van der Waals surface area contributed by atoms with Gasteiger partial charge in [-0.15, -0.1) is 0 Å². The maximum absolute atomic E-state index is 12.6. The van der Waals surface area contributed by atoms with E-state index in [1.54, 1.807) is 4.90 Å². The zero-order chi connectivity index (χ0) is 18.6. The number of nitrogens with zero attached hydrogens (tertiary/aromatic N) is 3. The van der Waals surface area contributed by atoms with Gasteiger partial charge in [0, 0.05) is 31.9 Å². The number of fused-ring (bicyclic) bond motifs is 1. The van der Waals surface area contributed by atoms with Crippen molar-refractivity contribution in [3.63, 3.8) is 0 Å². The number of para-hydroxylation sites is 1. The van der Waals surface area contributed by atoms with Gasteiger partial charge in [-0.1, -0.05) is 18.2 Å². The molecule has 3 heterocycles. The minimum atomic E-state index is -0.0503. The van der Waals surface area contributed by atoms with E-state index in [1.807, 2.05) is 25.2 Å². The first-order valence-corrected chi connectivity index (χ1v) is 9.66. The van der Waals surface area contributed by atoms with Crippen molar-refractivity contribution in [2.75, 3.05) is 20.2 Å². The third kappa shape index (κ3) is 4.06. The molecule has 1 aliphatic rings. The standard InChI is InChI=1S/C21H26N4O2/c1-24(11-10-18-7-4-5-13-27-18)21(26)19-14-17(22-23-19)15-25-12-9-16-6-2-3-8-20(16)25/h2-3,6,8-9,12,14,18H,4-5,7,10-11,13,15H2,1H3,(H,22,23). The largest absolute Gasteiger partial charge is 0.378 e. The molecule has 4 rings (SSSR count). The summed E-state index contributed by atoms with van der Waals surface area (Å²) in [5.41, 5.74) is 2.56. The van der Waals surface area contributed by atoms with Crippen LogP contribution in [-0.4, -0.2) is 51.9 Å². The average molecular weight is 366 g/mol. The zero-order valence-corrected chi connectivity index (χ0v) is 15.7. The second kappa shape index (κ2) is 7.96. The first-order valence-electron chi connectivity index (χ1n) is 9.66. The summed E-state index contributed by atoms with van der Waals surface area (Å²) in [6.07, 6.45) is 6.69. The van der Waals surface area contributed by atoms with Crippen molar-refractivity contribution >= 4 is 16.8 Å². The van der Waals surface area contributed by atoms with E-state index < -0.39 is 0 Å². The number of hydrogen-bond donors (Lipinski definition) is 1. The van der Waals surface area contributed by atoms with E-state index in [0.717, 1.165) is 31.6 Å². The van der Waals surface area contributed by atoms with Gasteiger partial charge in [-0.2, -0.15) is 5.10 Å². The smallest absolute Gasteiger partial charge is 0.274 e. The van der Waals surface area contributed by atoms with Crippen molar-refractivity contribution < 1.29 is 9.53 Å². The molecule has 2 aromatic heterocycles. The van der Waals surface area contributed by atoms with Gasteiger partial charge < -0.3 is 14.2 Å². The van der Waals surface area contributed by atoms with Crippen LogP contribution in [-0.2, 0) is 11.3 Å².